The highest BCUT2D eigenvalue weighted by molar-refractivity contribution is 5.72. The molecule has 25 heavy (non-hydrogen) atoms. The Kier molecular flexibility index (Phi) is 6.95. The van der Waals surface area contributed by atoms with Gasteiger partial charge in [0.25, 0.3) is 0 Å². The van der Waals surface area contributed by atoms with Gasteiger partial charge in [-0.05, 0) is 102 Å². The summed E-state index contributed by atoms with van der Waals surface area (Å²) in [5.74, 6) is 2.85. The Labute approximate surface area is 154 Å². The van der Waals surface area contributed by atoms with Crippen molar-refractivity contribution in [2.24, 2.45) is 28.7 Å². The second-order valence-corrected chi connectivity index (χ2v) is 8.85. The first-order valence-electron chi connectivity index (χ1n) is 10.9. The lowest BCUT2D eigenvalue weighted by molar-refractivity contribution is -0.157. The largest absolute Gasteiger partial charge is 0.462 e. The topological polar surface area (TPSA) is 38.7 Å². The molecule has 0 aromatic carbocycles. The number of carbonyl (C=O) groups excluding carboxylic acids is 1. The first-order chi connectivity index (χ1) is 12.2. The van der Waals surface area contributed by atoms with Crippen molar-refractivity contribution in [2.75, 3.05) is 0 Å². The zero-order chi connectivity index (χ0) is 17.6. The molecule has 0 aromatic rings. The minimum absolute atomic E-state index is 0.107. The maximum atomic E-state index is 12.5. The highest BCUT2D eigenvalue weighted by Gasteiger charge is 2.33. The Balaban J connectivity index is 1.36. The lowest BCUT2D eigenvalue weighted by Gasteiger charge is -2.37. The third-order valence-electron chi connectivity index (χ3n) is 7.43. The van der Waals surface area contributed by atoms with Crippen molar-refractivity contribution in [2.45, 2.75) is 103 Å². The smallest absolute Gasteiger partial charge is 0.309 e. The Morgan fingerprint density at radius 1 is 0.880 bits per heavy atom. The standard InChI is InChI=1S/C22H37NO2/c1-3-16-4-6-19(7-5-16)22(24)25-21-14-10-18(11-15-21)17-8-12-20(23-2)13-9-17/h16-21H,2-15H2,1H3. The molecule has 0 unspecified atom stereocenters. The van der Waals surface area contributed by atoms with E-state index in [0.29, 0.717) is 6.04 Å². The molecule has 0 radical (unpaired) electrons. The molecule has 0 atom stereocenters. The van der Waals surface area contributed by atoms with Crippen LogP contribution in [-0.2, 0) is 9.53 Å². The predicted molar refractivity (Wildman–Crippen MR) is 103 cm³/mol. The van der Waals surface area contributed by atoms with Gasteiger partial charge >= 0.3 is 5.97 Å². The van der Waals surface area contributed by atoms with E-state index >= 15 is 0 Å². The van der Waals surface area contributed by atoms with Crippen LogP contribution < -0.4 is 0 Å². The molecular weight excluding hydrogens is 310 g/mol. The molecule has 0 spiro atoms. The maximum Gasteiger partial charge on any atom is 0.309 e. The molecule has 0 bridgehead atoms. The van der Waals surface area contributed by atoms with Gasteiger partial charge in [-0.25, -0.2) is 0 Å². The second-order valence-electron chi connectivity index (χ2n) is 8.85. The summed E-state index contributed by atoms with van der Waals surface area (Å²) in [5.41, 5.74) is 0. The number of aliphatic imine (C=N–C) groups is 1. The van der Waals surface area contributed by atoms with Crippen LogP contribution in [0.1, 0.15) is 90.4 Å². The van der Waals surface area contributed by atoms with Crippen LogP contribution >= 0.6 is 0 Å². The summed E-state index contributed by atoms with van der Waals surface area (Å²) in [6.45, 7) is 5.97. The average Bonchev–Trinajstić information content (AvgIpc) is 2.68. The van der Waals surface area contributed by atoms with Crippen molar-refractivity contribution in [3.05, 3.63) is 0 Å². The number of carbonyl (C=O) groups is 1. The minimum Gasteiger partial charge on any atom is -0.462 e. The Hall–Kier alpha value is -0.860. The van der Waals surface area contributed by atoms with Gasteiger partial charge in [-0.15, -0.1) is 0 Å². The van der Waals surface area contributed by atoms with Crippen LogP contribution in [0.15, 0.2) is 4.99 Å². The Morgan fingerprint density at radius 3 is 1.96 bits per heavy atom. The third kappa shape index (κ3) is 5.08. The van der Waals surface area contributed by atoms with E-state index in [0.717, 1.165) is 43.4 Å². The zero-order valence-corrected chi connectivity index (χ0v) is 16.1. The van der Waals surface area contributed by atoms with Crippen LogP contribution in [0.25, 0.3) is 0 Å². The zero-order valence-electron chi connectivity index (χ0n) is 16.1. The number of nitrogens with zero attached hydrogens (tertiary/aromatic N) is 1. The van der Waals surface area contributed by atoms with Crippen molar-refractivity contribution in [3.8, 4) is 0 Å². The molecule has 3 rings (SSSR count). The van der Waals surface area contributed by atoms with Crippen LogP contribution in [0.5, 0.6) is 0 Å². The van der Waals surface area contributed by atoms with E-state index in [9.17, 15) is 4.79 Å². The fourth-order valence-electron chi connectivity index (χ4n) is 5.50. The number of ether oxygens (including phenoxy) is 1. The van der Waals surface area contributed by atoms with E-state index in [4.69, 9.17) is 4.74 Å². The summed E-state index contributed by atoms with van der Waals surface area (Å²) in [4.78, 5) is 16.7. The minimum atomic E-state index is 0.107. The second kappa shape index (κ2) is 9.19. The average molecular weight is 348 g/mol. The molecule has 0 N–H and O–H groups in total. The van der Waals surface area contributed by atoms with Gasteiger partial charge in [0.05, 0.1) is 5.92 Å². The molecule has 3 aliphatic rings. The summed E-state index contributed by atoms with van der Waals surface area (Å²) >= 11 is 0. The van der Waals surface area contributed by atoms with Gasteiger partial charge < -0.3 is 4.74 Å². The molecular formula is C22H37NO2. The van der Waals surface area contributed by atoms with E-state index in [2.05, 4.69) is 18.6 Å². The molecule has 3 fully saturated rings. The lowest BCUT2D eigenvalue weighted by atomic mass is 9.72. The van der Waals surface area contributed by atoms with E-state index < -0.39 is 0 Å². The number of hydrogen-bond acceptors (Lipinski definition) is 3. The van der Waals surface area contributed by atoms with Gasteiger partial charge in [0, 0.05) is 6.04 Å². The van der Waals surface area contributed by atoms with E-state index in [1.165, 1.54) is 57.8 Å². The lowest BCUT2D eigenvalue weighted by Crippen LogP contribution is -2.32. The molecule has 3 heteroatoms. The summed E-state index contributed by atoms with van der Waals surface area (Å²) in [6.07, 6.45) is 15.7. The molecule has 0 aromatic heterocycles. The summed E-state index contributed by atoms with van der Waals surface area (Å²) in [7, 11) is 0. The van der Waals surface area contributed by atoms with Gasteiger partial charge in [0.1, 0.15) is 6.10 Å². The maximum absolute atomic E-state index is 12.5. The first-order valence-corrected chi connectivity index (χ1v) is 10.9. The third-order valence-corrected chi connectivity index (χ3v) is 7.43. The summed E-state index contributed by atoms with van der Waals surface area (Å²) < 4.78 is 5.91. The van der Waals surface area contributed by atoms with E-state index in [1.54, 1.807) is 0 Å². The van der Waals surface area contributed by atoms with Crippen molar-refractivity contribution >= 4 is 12.7 Å². The molecule has 3 saturated carbocycles. The monoisotopic (exact) mass is 347 g/mol. The number of esters is 1. The Bertz CT molecular complexity index is 425. The van der Waals surface area contributed by atoms with Crippen molar-refractivity contribution < 1.29 is 9.53 Å². The molecule has 3 aliphatic carbocycles. The summed E-state index contributed by atoms with van der Waals surface area (Å²) in [6, 6.07) is 0.511. The van der Waals surface area contributed by atoms with Gasteiger partial charge in [-0.2, -0.15) is 0 Å². The highest BCUT2D eigenvalue weighted by Crippen LogP contribution is 2.40. The SMILES string of the molecule is C=NC1CCC(C2CCC(OC(=O)C3CCC(CC)CC3)CC2)CC1. The van der Waals surface area contributed by atoms with Crippen LogP contribution in [0.4, 0.5) is 0 Å². The quantitative estimate of drug-likeness (QED) is 0.482. The number of rotatable bonds is 5. The highest BCUT2D eigenvalue weighted by atomic mass is 16.5. The van der Waals surface area contributed by atoms with Gasteiger partial charge in [-0.1, -0.05) is 13.3 Å². The number of hydrogen-bond donors (Lipinski definition) is 0. The van der Waals surface area contributed by atoms with E-state index in [-0.39, 0.29) is 18.0 Å². The van der Waals surface area contributed by atoms with Crippen LogP contribution in [0.3, 0.4) is 0 Å². The van der Waals surface area contributed by atoms with Crippen LogP contribution in [0.2, 0.25) is 0 Å². The van der Waals surface area contributed by atoms with Crippen molar-refractivity contribution in [3.63, 3.8) is 0 Å². The fraction of sp³-hybridized carbons (Fsp3) is 0.909. The van der Waals surface area contributed by atoms with Gasteiger partial charge in [0.2, 0.25) is 0 Å². The Morgan fingerprint density at radius 2 is 1.44 bits per heavy atom. The van der Waals surface area contributed by atoms with Crippen molar-refractivity contribution in [1.29, 1.82) is 0 Å². The predicted octanol–water partition coefficient (Wildman–Crippen LogP) is 5.56. The molecule has 3 nitrogen and oxygen atoms in total. The van der Waals surface area contributed by atoms with Crippen LogP contribution in [0, 0.1) is 23.7 Å². The molecule has 0 aliphatic heterocycles. The first kappa shape index (κ1) is 18.9. The van der Waals surface area contributed by atoms with Gasteiger partial charge in [0.15, 0.2) is 0 Å². The molecule has 142 valence electrons. The van der Waals surface area contributed by atoms with E-state index in [1.807, 2.05) is 0 Å². The van der Waals surface area contributed by atoms with Crippen LogP contribution in [-0.4, -0.2) is 24.8 Å². The van der Waals surface area contributed by atoms with Crippen molar-refractivity contribution in [1.82, 2.24) is 0 Å². The molecule has 0 saturated heterocycles. The normalized spacial score (nSPS) is 39.6. The fourth-order valence-corrected chi connectivity index (χ4v) is 5.50. The van der Waals surface area contributed by atoms with Gasteiger partial charge in [-0.3, -0.25) is 9.79 Å². The summed E-state index contributed by atoms with van der Waals surface area (Å²) in [5, 5.41) is 0. The molecule has 0 heterocycles. The molecule has 0 amide bonds.